The van der Waals surface area contributed by atoms with Gasteiger partial charge in [-0.05, 0) is 47.7 Å². The van der Waals surface area contributed by atoms with Crippen LogP contribution in [0.25, 0.3) is 0 Å². The molecule has 126 valence electrons. The van der Waals surface area contributed by atoms with Crippen LogP contribution >= 0.6 is 0 Å². The van der Waals surface area contributed by atoms with Gasteiger partial charge in [0.25, 0.3) is 0 Å². The summed E-state index contributed by atoms with van der Waals surface area (Å²) in [5.74, 6) is -0.274. The number of amides is 1. The number of rotatable bonds is 4. The lowest BCUT2D eigenvalue weighted by molar-refractivity contribution is -0.120. The van der Waals surface area contributed by atoms with Crippen molar-refractivity contribution < 1.29 is 17.6 Å². The summed E-state index contributed by atoms with van der Waals surface area (Å²) in [6, 6.07) is 11.1. The molecule has 1 N–H and O–H groups in total. The van der Waals surface area contributed by atoms with E-state index in [1.165, 1.54) is 12.1 Å². The van der Waals surface area contributed by atoms with Gasteiger partial charge in [0.15, 0.2) is 9.84 Å². The molecule has 1 aliphatic heterocycles. The lowest BCUT2D eigenvalue weighted by Gasteiger charge is -2.17. The van der Waals surface area contributed by atoms with E-state index in [0.29, 0.717) is 17.9 Å². The molecule has 0 saturated heterocycles. The highest BCUT2D eigenvalue weighted by Gasteiger charge is 2.23. The first kappa shape index (κ1) is 16.6. The van der Waals surface area contributed by atoms with E-state index in [2.05, 4.69) is 5.32 Å². The van der Waals surface area contributed by atoms with Crippen LogP contribution in [0, 0.1) is 5.82 Å². The summed E-state index contributed by atoms with van der Waals surface area (Å²) in [7, 11) is -3.17. The zero-order valence-corrected chi connectivity index (χ0v) is 13.9. The number of carbonyl (C=O) groups is 1. The minimum absolute atomic E-state index is 0.155. The average molecular weight is 347 g/mol. The van der Waals surface area contributed by atoms with Crippen LogP contribution in [0.4, 0.5) is 4.39 Å². The van der Waals surface area contributed by atoms with Gasteiger partial charge in [0, 0.05) is 6.54 Å². The van der Waals surface area contributed by atoms with Gasteiger partial charge in [-0.2, -0.15) is 0 Å². The molecule has 4 nitrogen and oxygen atoms in total. The normalized spacial score (nSPS) is 15.5. The SMILES string of the molecule is O=C(Cc1ccc2c(c1)CCCS2(=O)=O)NCc1ccc(F)cc1. The Hall–Kier alpha value is -2.21. The summed E-state index contributed by atoms with van der Waals surface area (Å²) in [6.45, 7) is 0.332. The van der Waals surface area contributed by atoms with Crippen molar-refractivity contribution in [1.29, 1.82) is 0 Å². The Morgan fingerprint density at radius 1 is 1.08 bits per heavy atom. The van der Waals surface area contributed by atoms with E-state index in [-0.39, 0.29) is 23.9 Å². The number of fused-ring (bicyclic) bond motifs is 1. The van der Waals surface area contributed by atoms with Crippen molar-refractivity contribution in [3.63, 3.8) is 0 Å². The summed E-state index contributed by atoms with van der Waals surface area (Å²) in [5, 5.41) is 2.78. The maximum absolute atomic E-state index is 12.8. The Morgan fingerprint density at radius 3 is 2.54 bits per heavy atom. The molecule has 0 bridgehead atoms. The number of benzene rings is 2. The van der Waals surface area contributed by atoms with Gasteiger partial charge in [0.1, 0.15) is 5.82 Å². The van der Waals surface area contributed by atoms with Crippen LogP contribution in [0.2, 0.25) is 0 Å². The molecule has 0 radical (unpaired) electrons. The van der Waals surface area contributed by atoms with Crippen molar-refractivity contribution in [3.05, 3.63) is 65.0 Å². The third-order valence-corrected chi connectivity index (χ3v) is 5.98. The highest BCUT2D eigenvalue weighted by Crippen LogP contribution is 2.26. The minimum atomic E-state index is -3.17. The molecule has 0 spiro atoms. The molecule has 0 fully saturated rings. The minimum Gasteiger partial charge on any atom is -0.352 e. The number of aryl methyl sites for hydroxylation is 1. The average Bonchev–Trinajstić information content (AvgIpc) is 2.54. The highest BCUT2D eigenvalue weighted by atomic mass is 32.2. The lowest BCUT2D eigenvalue weighted by atomic mass is 10.0. The Morgan fingerprint density at radius 2 is 1.79 bits per heavy atom. The van der Waals surface area contributed by atoms with Crippen molar-refractivity contribution in [2.24, 2.45) is 0 Å². The lowest BCUT2D eigenvalue weighted by Crippen LogP contribution is -2.25. The molecule has 1 aliphatic rings. The molecule has 24 heavy (non-hydrogen) atoms. The van der Waals surface area contributed by atoms with Gasteiger partial charge in [-0.15, -0.1) is 0 Å². The third kappa shape index (κ3) is 3.82. The molecule has 2 aromatic carbocycles. The molecule has 3 rings (SSSR count). The molecule has 0 aromatic heterocycles. The fourth-order valence-corrected chi connectivity index (χ4v) is 4.44. The maximum Gasteiger partial charge on any atom is 0.224 e. The molecule has 1 heterocycles. The second-order valence-corrected chi connectivity index (χ2v) is 8.02. The molecule has 1 amide bonds. The second kappa shape index (κ2) is 6.73. The van der Waals surface area contributed by atoms with E-state index in [1.807, 2.05) is 6.07 Å². The van der Waals surface area contributed by atoms with Gasteiger partial charge in [-0.25, -0.2) is 12.8 Å². The number of sulfone groups is 1. The molecular weight excluding hydrogens is 329 g/mol. The van der Waals surface area contributed by atoms with E-state index in [9.17, 15) is 17.6 Å². The highest BCUT2D eigenvalue weighted by molar-refractivity contribution is 7.91. The predicted molar refractivity (Wildman–Crippen MR) is 88.8 cm³/mol. The standard InChI is InChI=1S/C18H18FNO3S/c19-16-6-3-13(4-7-16)12-20-18(21)11-14-5-8-17-15(10-14)2-1-9-24(17,22)23/h3-8,10H,1-2,9,11-12H2,(H,20,21). The zero-order chi connectivity index (χ0) is 17.2. The summed E-state index contributed by atoms with van der Waals surface area (Å²) in [4.78, 5) is 12.4. The maximum atomic E-state index is 12.8. The van der Waals surface area contributed by atoms with Crippen molar-refractivity contribution in [2.75, 3.05) is 5.75 Å². The summed E-state index contributed by atoms with van der Waals surface area (Å²) in [5.41, 5.74) is 2.41. The topological polar surface area (TPSA) is 63.2 Å². The van der Waals surface area contributed by atoms with Crippen LogP contribution in [0.3, 0.4) is 0 Å². The monoisotopic (exact) mass is 347 g/mol. The molecule has 0 atom stereocenters. The number of nitrogens with one attached hydrogen (secondary N) is 1. The smallest absolute Gasteiger partial charge is 0.224 e. The van der Waals surface area contributed by atoms with Crippen molar-refractivity contribution in [1.82, 2.24) is 5.32 Å². The number of halogens is 1. The van der Waals surface area contributed by atoms with Crippen molar-refractivity contribution in [3.8, 4) is 0 Å². The number of hydrogen-bond donors (Lipinski definition) is 1. The Kier molecular flexibility index (Phi) is 4.66. The molecular formula is C18H18FNO3S. The summed E-state index contributed by atoms with van der Waals surface area (Å²) >= 11 is 0. The molecule has 0 aliphatic carbocycles. The van der Waals surface area contributed by atoms with E-state index in [1.54, 1.807) is 24.3 Å². The summed E-state index contributed by atoms with van der Waals surface area (Å²) in [6.07, 6.45) is 1.53. The molecule has 6 heteroatoms. The summed E-state index contributed by atoms with van der Waals surface area (Å²) < 4.78 is 36.8. The van der Waals surface area contributed by atoms with E-state index in [0.717, 1.165) is 23.1 Å². The van der Waals surface area contributed by atoms with E-state index < -0.39 is 9.84 Å². The number of carbonyl (C=O) groups excluding carboxylic acids is 1. The van der Waals surface area contributed by atoms with Crippen LogP contribution < -0.4 is 5.32 Å². The largest absolute Gasteiger partial charge is 0.352 e. The van der Waals surface area contributed by atoms with Gasteiger partial charge in [0.05, 0.1) is 17.1 Å². The Bertz CT molecular complexity index is 860. The molecule has 2 aromatic rings. The Labute approximate surface area is 140 Å². The van der Waals surface area contributed by atoms with E-state index >= 15 is 0 Å². The van der Waals surface area contributed by atoms with Crippen LogP contribution in [-0.4, -0.2) is 20.1 Å². The third-order valence-electron chi connectivity index (χ3n) is 4.09. The van der Waals surface area contributed by atoms with Crippen LogP contribution in [0.5, 0.6) is 0 Å². The fourth-order valence-electron chi connectivity index (χ4n) is 2.85. The molecule has 0 saturated carbocycles. The van der Waals surface area contributed by atoms with E-state index in [4.69, 9.17) is 0 Å². The van der Waals surface area contributed by atoms with Crippen LogP contribution in [0.15, 0.2) is 47.4 Å². The zero-order valence-electron chi connectivity index (χ0n) is 13.1. The number of hydrogen-bond acceptors (Lipinski definition) is 3. The van der Waals surface area contributed by atoms with Gasteiger partial charge in [0.2, 0.25) is 5.91 Å². The quantitative estimate of drug-likeness (QED) is 0.924. The van der Waals surface area contributed by atoms with Crippen molar-refractivity contribution in [2.45, 2.75) is 30.7 Å². The van der Waals surface area contributed by atoms with Gasteiger partial charge >= 0.3 is 0 Å². The first-order valence-corrected chi connectivity index (χ1v) is 9.45. The van der Waals surface area contributed by atoms with Gasteiger partial charge in [-0.3, -0.25) is 4.79 Å². The van der Waals surface area contributed by atoms with Crippen LogP contribution in [0.1, 0.15) is 23.1 Å². The van der Waals surface area contributed by atoms with Gasteiger partial charge in [-0.1, -0.05) is 24.3 Å². The molecule has 0 unspecified atom stereocenters. The second-order valence-electron chi connectivity index (χ2n) is 5.94. The first-order chi connectivity index (χ1) is 11.4. The predicted octanol–water partition coefficient (Wildman–Crippen LogP) is 2.40. The Balaban J connectivity index is 1.63. The fraction of sp³-hybridized carbons (Fsp3) is 0.278. The first-order valence-electron chi connectivity index (χ1n) is 7.80. The van der Waals surface area contributed by atoms with Crippen molar-refractivity contribution >= 4 is 15.7 Å². The van der Waals surface area contributed by atoms with Crippen LogP contribution in [-0.2, 0) is 34.0 Å². The van der Waals surface area contributed by atoms with Gasteiger partial charge < -0.3 is 5.32 Å².